The van der Waals surface area contributed by atoms with Gasteiger partial charge >= 0.3 is 5.97 Å². The van der Waals surface area contributed by atoms with Gasteiger partial charge in [0.2, 0.25) is 11.6 Å². The number of rotatable bonds is 7. The molecule has 158 valence electrons. The van der Waals surface area contributed by atoms with Crippen LogP contribution in [0.15, 0.2) is 60.7 Å². The summed E-state index contributed by atoms with van der Waals surface area (Å²) in [4.78, 5) is 10.9. The van der Waals surface area contributed by atoms with E-state index in [0.29, 0.717) is 11.1 Å². The van der Waals surface area contributed by atoms with Crippen LogP contribution in [0.5, 0.6) is 11.5 Å². The van der Waals surface area contributed by atoms with E-state index in [9.17, 15) is 28.3 Å². The van der Waals surface area contributed by atoms with Crippen molar-refractivity contribution in [2.24, 2.45) is 0 Å². The maximum absolute atomic E-state index is 14.3. The lowest BCUT2D eigenvalue weighted by atomic mass is 9.73. The second kappa shape index (κ2) is 8.79. The van der Waals surface area contributed by atoms with Crippen molar-refractivity contribution in [1.29, 1.82) is 5.26 Å². The Morgan fingerprint density at radius 1 is 0.935 bits per heavy atom. The first-order valence-corrected chi connectivity index (χ1v) is 9.11. The Bertz CT molecular complexity index is 1080. The zero-order valence-electron chi connectivity index (χ0n) is 16.0. The Balaban J connectivity index is 1.97. The molecule has 31 heavy (non-hydrogen) atoms. The van der Waals surface area contributed by atoms with Crippen LogP contribution in [0, 0.1) is 28.8 Å². The van der Waals surface area contributed by atoms with Crippen molar-refractivity contribution in [3.8, 4) is 17.6 Å². The van der Waals surface area contributed by atoms with Gasteiger partial charge in [0.1, 0.15) is 11.0 Å². The fourth-order valence-corrected chi connectivity index (χ4v) is 3.34. The predicted octanol–water partition coefficient (Wildman–Crippen LogP) is 4.79. The first kappa shape index (κ1) is 21.7. The third-order valence-electron chi connectivity index (χ3n) is 4.92. The van der Waals surface area contributed by atoms with Gasteiger partial charge in [0.05, 0.1) is 12.7 Å². The van der Waals surface area contributed by atoms with Crippen LogP contribution in [0.4, 0.5) is 13.2 Å². The number of aromatic hydroxyl groups is 1. The second-order valence-corrected chi connectivity index (χ2v) is 6.65. The summed E-state index contributed by atoms with van der Waals surface area (Å²) < 4.78 is 47.6. The predicted molar refractivity (Wildman–Crippen MR) is 104 cm³/mol. The van der Waals surface area contributed by atoms with Crippen LogP contribution in [-0.4, -0.2) is 22.8 Å². The summed E-state index contributed by atoms with van der Waals surface area (Å²) in [5, 5.41) is 28.5. The lowest BCUT2D eigenvalue weighted by molar-refractivity contribution is 0.0685. The van der Waals surface area contributed by atoms with Gasteiger partial charge in [0, 0.05) is 6.42 Å². The van der Waals surface area contributed by atoms with E-state index in [4.69, 9.17) is 9.84 Å². The Labute approximate surface area is 175 Å². The molecule has 0 amide bonds. The summed E-state index contributed by atoms with van der Waals surface area (Å²) in [6, 6.07) is 19.6. The molecule has 0 unspecified atom stereocenters. The third kappa shape index (κ3) is 3.90. The highest BCUT2D eigenvalue weighted by Crippen LogP contribution is 2.38. The van der Waals surface area contributed by atoms with E-state index < -0.39 is 52.5 Å². The molecule has 3 aromatic carbocycles. The van der Waals surface area contributed by atoms with Crippen LogP contribution >= 0.6 is 0 Å². The summed E-state index contributed by atoms with van der Waals surface area (Å²) >= 11 is 0. The fraction of sp³-hybridized carbons (Fsp3) is 0.130. The lowest BCUT2D eigenvalue weighted by Crippen LogP contribution is -2.28. The number of ether oxygens (including phenoxy) is 1. The highest BCUT2D eigenvalue weighted by atomic mass is 19.2. The van der Waals surface area contributed by atoms with Gasteiger partial charge in [0.25, 0.3) is 0 Å². The van der Waals surface area contributed by atoms with Crippen molar-refractivity contribution in [2.45, 2.75) is 11.8 Å². The molecule has 0 radical (unpaired) electrons. The molecule has 3 rings (SSSR count). The number of phenols is 1. The number of carboxylic acids is 1. The number of hydrogen-bond acceptors (Lipinski definition) is 4. The smallest absolute Gasteiger partial charge is 0.342 e. The fourth-order valence-electron chi connectivity index (χ4n) is 3.34. The molecule has 0 saturated carbocycles. The first-order valence-electron chi connectivity index (χ1n) is 9.11. The summed E-state index contributed by atoms with van der Waals surface area (Å²) in [6.07, 6.45) is -0.0700. The quantitative estimate of drug-likeness (QED) is 0.530. The zero-order valence-corrected chi connectivity index (χ0v) is 16.0. The highest BCUT2D eigenvalue weighted by Gasteiger charge is 2.35. The molecule has 0 bridgehead atoms. The number of benzene rings is 3. The van der Waals surface area contributed by atoms with Gasteiger partial charge < -0.3 is 14.9 Å². The van der Waals surface area contributed by atoms with Crippen LogP contribution in [0.2, 0.25) is 0 Å². The molecule has 0 aliphatic heterocycles. The van der Waals surface area contributed by atoms with Crippen molar-refractivity contribution in [3.05, 3.63) is 94.8 Å². The Morgan fingerprint density at radius 3 is 1.90 bits per heavy atom. The topological polar surface area (TPSA) is 90.5 Å². The molecule has 0 heterocycles. The summed E-state index contributed by atoms with van der Waals surface area (Å²) in [5.74, 6) is -10.4. The molecule has 0 aromatic heterocycles. The normalized spacial score (nSPS) is 11.0. The van der Waals surface area contributed by atoms with Gasteiger partial charge in [-0.1, -0.05) is 60.7 Å². The van der Waals surface area contributed by atoms with Crippen LogP contribution in [0.3, 0.4) is 0 Å². The van der Waals surface area contributed by atoms with Gasteiger partial charge in [-0.15, -0.1) is 0 Å². The maximum atomic E-state index is 14.3. The Hall–Kier alpha value is -3.99. The number of nitrogens with zero attached hydrogens (tertiary/aromatic N) is 1. The number of aromatic carboxylic acids is 1. The number of halogens is 3. The minimum absolute atomic E-state index is 0.0700. The van der Waals surface area contributed by atoms with Gasteiger partial charge in [0.15, 0.2) is 17.3 Å². The van der Waals surface area contributed by atoms with Crippen molar-refractivity contribution in [1.82, 2.24) is 0 Å². The minimum atomic E-state index is -2.03. The van der Waals surface area contributed by atoms with E-state index in [2.05, 4.69) is 6.07 Å². The van der Waals surface area contributed by atoms with Gasteiger partial charge in [-0.2, -0.15) is 14.0 Å². The summed E-state index contributed by atoms with van der Waals surface area (Å²) in [5.41, 5.74) is -1.54. The second-order valence-electron chi connectivity index (χ2n) is 6.65. The average Bonchev–Trinajstić information content (AvgIpc) is 2.79. The van der Waals surface area contributed by atoms with E-state index in [-0.39, 0.29) is 6.42 Å². The van der Waals surface area contributed by atoms with Crippen LogP contribution in [0.25, 0.3) is 0 Å². The number of carboxylic acid groups (broad SMARTS) is 1. The van der Waals surface area contributed by atoms with Gasteiger partial charge in [-0.05, 0) is 11.1 Å². The van der Waals surface area contributed by atoms with Crippen molar-refractivity contribution in [3.63, 3.8) is 0 Å². The molecule has 0 atom stereocenters. The third-order valence-corrected chi connectivity index (χ3v) is 4.92. The molecular formula is C23H16F3NO4. The Morgan fingerprint density at radius 2 is 1.45 bits per heavy atom. The molecule has 8 heteroatoms. The van der Waals surface area contributed by atoms with E-state index in [0.717, 1.165) is 0 Å². The molecular weight excluding hydrogens is 411 g/mol. The number of nitriles is 1. The number of hydrogen-bond donors (Lipinski definition) is 2. The molecule has 0 saturated heterocycles. The summed E-state index contributed by atoms with van der Waals surface area (Å²) in [7, 11) is 0. The molecule has 2 N–H and O–H groups in total. The van der Waals surface area contributed by atoms with Crippen LogP contribution < -0.4 is 4.74 Å². The largest absolute Gasteiger partial charge is 0.504 e. The van der Waals surface area contributed by atoms with Crippen LogP contribution in [0.1, 0.15) is 27.9 Å². The zero-order chi connectivity index (χ0) is 22.6. The SMILES string of the molecule is N#CC(CCOc1c(F)c(O)c(C(=O)O)c(F)c1F)(c1ccccc1)c1ccccc1. The van der Waals surface area contributed by atoms with Crippen LogP contribution in [-0.2, 0) is 5.41 Å². The average molecular weight is 427 g/mol. The van der Waals surface area contributed by atoms with E-state index in [1.165, 1.54) is 0 Å². The summed E-state index contributed by atoms with van der Waals surface area (Å²) in [6.45, 7) is -0.434. The minimum Gasteiger partial charge on any atom is -0.504 e. The van der Waals surface area contributed by atoms with E-state index in [1.807, 2.05) is 0 Å². The maximum Gasteiger partial charge on any atom is 0.342 e. The number of carbonyl (C=O) groups is 1. The molecule has 3 aromatic rings. The molecule has 5 nitrogen and oxygen atoms in total. The van der Waals surface area contributed by atoms with Gasteiger partial charge in [-0.3, -0.25) is 0 Å². The Kier molecular flexibility index (Phi) is 6.16. The molecule has 0 fully saturated rings. The molecule has 0 aliphatic carbocycles. The van der Waals surface area contributed by atoms with Gasteiger partial charge in [-0.25, -0.2) is 9.18 Å². The van der Waals surface area contributed by atoms with E-state index in [1.54, 1.807) is 60.7 Å². The van der Waals surface area contributed by atoms with Crippen molar-refractivity contribution >= 4 is 5.97 Å². The molecule has 0 spiro atoms. The standard InChI is InChI=1S/C23H16F3NO4/c24-17-16(22(29)30)20(28)19(26)21(18(17)25)31-12-11-23(13-27,14-7-3-1-4-8-14)15-9-5-2-6-10-15/h1-10,28H,11-12H2,(H,29,30). The van der Waals surface area contributed by atoms with E-state index >= 15 is 0 Å². The first-order chi connectivity index (χ1) is 14.8. The lowest BCUT2D eigenvalue weighted by Gasteiger charge is -2.28. The van der Waals surface area contributed by atoms with Crippen molar-refractivity contribution < 1.29 is 32.9 Å². The van der Waals surface area contributed by atoms with Crippen molar-refractivity contribution in [2.75, 3.05) is 6.61 Å². The highest BCUT2D eigenvalue weighted by molar-refractivity contribution is 5.91. The molecule has 0 aliphatic rings. The monoisotopic (exact) mass is 427 g/mol.